The monoisotopic (exact) mass is 440 g/mol. The molecule has 8 heteroatoms. The summed E-state index contributed by atoms with van der Waals surface area (Å²) < 4.78 is 1.92. The molecule has 0 fully saturated rings. The Balaban J connectivity index is 1.39. The number of aromatic nitrogens is 3. The Labute approximate surface area is 191 Å². The maximum absolute atomic E-state index is 13.2. The number of aliphatic imine (C=N–C) groups is 1. The quantitative estimate of drug-likeness (QED) is 0.658. The maximum atomic E-state index is 13.2. The largest absolute Gasteiger partial charge is 0.324 e. The fourth-order valence-corrected chi connectivity index (χ4v) is 4.29. The van der Waals surface area contributed by atoms with Crippen molar-refractivity contribution in [3.63, 3.8) is 0 Å². The smallest absolute Gasteiger partial charge is 0.249 e. The second kappa shape index (κ2) is 8.12. The number of hydrogen-bond donors (Lipinski definition) is 1. The number of amides is 1. The van der Waals surface area contributed by atoms with Gasteiger partial charge in [0.1, 0.15) is 11.9 Å². The minimum absolute atomic E-state index is 0.0264. The van der Waals surface area contributed by atoms with Gasteiger partial charge in [-0.2, -0.15) is 5.10 Å². The molecule has 1 amide bonds. The highest BCUT2D eigenvalue weighted by Gasteiger charge is 2.33. The molecule has 2 aromatic heterocycles. The lowest BCUT2D eigenvalue weighted by Crippen LogP contribution is -2.42. The number of anilines is 1. The van der Waals surface area contributed by atoms with E-state index in [2.05, 4.69) is 15.3 Å². The van der Waals surface area contributed by atoms with Crippen molar-refractivity contribution in [3.8, 4) is 0 Å². The molecule has 0 aliphatic carbocycles. The number of allylic oxidation sites excluding steroid dienone is 2. The van der Waals surface area contributed by atoms with Gasteiger partial charge in [0.2, 0.25) is 5.91 Å². The van der Waals surface area contributed by atoms with Gasteiger partial charge in [0.15, 0.2) is 5.78 Å². The van der Waals surface area contributed by atoms with Crippen molar-refractivity contribution in [2.24, 2.45) is 4.99 Å². The Morgan fingerprint density at radius 3 is 2.76 bits per heavy atom. The number of Topliss-reactive ketones (excluding diaryl/α,β-unsaturated/α-hetero) is 1. The van der Waals surface area contributed by atoms with E-state index in [0.717, 1.165) is 28.0 Å². The molecule has 2 aliphatic rings. The average Bonchev–Trinajstić information content (AvgIpc) is 3.35. The molecule has 8 nitrogen and oxygen atoms in total. The number of carbonyl (C=O) groups is 2. The lowest BCUT2D eigenvalue weighted by atomic mass is 10.1. The van der Waals surface area contributed by atoms with Gasteiger partial charge in [-0.05, 0) is 57.2 Å². The summed E-state index contributed by atoms with van der Waals surface area (Å²) in [5, 5.41) is 8.70. The molecule has 4 heterocycles. The van der Waals surface area contributed by atoms with Crippen LogP contribution in [0.15, 0.2) is 65.3 Å². The standard InChI is InChI=1S/C25H24N6O2/c1-15-6-4-7-19(27-15)14-31-21-9-5-8-20(24(21)16(2)29-31)28-25(33)22-13-26-23-12-18(17(3)32)10-11-30(22)23/h4-12,22H,13-14H2,1-3H3,(H,28,33). The van der Waals surface area contributed by atoms with Crippen molar-refractivity contribution in [2.75, 3.05) is 11.9 Å². The van der Waals surface area contributed by atoms with Crippen LogP contribution in [-0.4, -0.2) is 49.8 Å². The van der Waals surface area contributed by atoms with Crippen molar-refractivity contribution in [1.82, 2.24) is 19.7 Å². The Morgan fingerprint density at radius 2 is 1.97 bits per heavy atom. The Hall–Kier alpha value is -4.07. The third-order valence-electron chi connectivity index (χ3n) is 5.90. The van der Waals surface area contributed by atoms with Crippen molar-refractivity contribution in [3.05, 3.63) is 77.4 Å². The zero-order chi connectivity index (χ0) is 23.1. The third kappa shape index (κ3) is 3.84. The molecule has 33 heavy (non-hydrogen) atoms. The van der Waals surface area contributed by atoms with Crippen molar-refractivity contribution >= 4 is 34.1 Å². The van der Waals surface area contributed by atoms with E-state index in [0.29, 0.717) is 30.2 Å². The van der Waals surface area contributed by atoms with E-state index in [-0.39, 0.29) is 11.7 Å². The number of hydrogen-bond acceptors (Lipinski definition) is 6. The molecule has 0 bridgehead atoms. The molecule has 1 unspecified atom stereocenters. The summed E-state index contributed by atoms with van der Waals surface area (Å²) in [5.74, 6) is 0.454. The van der Waals surface area contributed by atoms with E-state index in [1.165, 1.54) is 6.92 Å². The van der Waals surface area contributed by atoms with Gasteiger partial charge in [0.05, 0.1) is 35.7 Å². The van der Waals surface area contributed by atoms with Gasteiger partial charge in [0, 0.05) is 22.9 Å². The molecule has 1 aromatic carbocycles. The summed E-state index contributed by atoms with van der Waals surface area (Å²) in [4.78, 5) is 35.7. The van der Waals surface area contributed by atoms with Gasteiger partial charge in [-0.15, -0.1) is 0 Å². The van der Waals surface area contributed by atoms with Crippen LogP contribution in [0.4, 0.5) is 5.69 Å². The SMILES string of the molecule is CC(=O)C1=CC2=NCC(C(=O)Nc3cccc4c3c(C)nn4Cc3cccc(C)n3)N2C=C1. The van der Waals surface area contributed by atoms with Crippen LogP contribution in [0.25, 0.3) is 10.9 Å². The van der Waals surface area contributed by atoms with Gasteiger partial charge in [0.25, 0.3) is 0 Å². The van der Waals surface area contributed by atoms with E-state index < -0.39 is 6.04 Å². The molecule has 166 valence electrons. The summed E-state index contributed by atoms with van der Waals surface area (Å²) in [6.45, 7) is 6.31. The number of carbonyl (C=O) groups excluding carboxylic acids is 2. The summed E-state index contributed by atoms with van der Waals surface area (Å²) in [6, 6.07) is 11.3. The first kappa shape index (κ1) is 20.8. The van der Waals surface area contributed by atoms with E-state index >= 15 is 0 Å². The van der Waals surface area contributed by atoms with Gasteiger partial charge < -0.3 is 10.2 Å². The molecule has 1 N–H and O–H groups in total. The molecule has 5 rings (SSSR count). The third-order valence-corrected chi connectivity index (χ3v) is 5.90. The van der Waals surface area contributed by atoms with E-state index in [4.69, 9.17) is 5.10 Å². The number of amidine groups is 1. The molecule has 0 saturated heterocycles. The molecule has 3 aromatic rings. The zero-order valence-corrected chi connectivity index (χ0v) is 18.7. The fraction of sp³-hybridized carbons (Fsp3) is 0.240. The van der Waals surface area contributed by atoms with Crippen LogP contribution in [0.5, 0.6) is 0 Å². The Bertz CT molecular complexity index is 1380. The number of pyridine rings is 1. The van der Waals surface area contributed by atoms with Gasteiger partial charge in [-0.25, -0.2) is 0 Å². The Kier molecular flexibility index (Phi) is 5.12. The summed E-state index contributed by atoms with van der Waals surface area (Å²) in [5.41, 5.74) is 4.96. The predicted molar refractivity (Wildman–Crippen MR) is 127 cm³/mol. The van der Waals surface area contributed by atoms with Crippen LogP contribution in [-0.2, 0) is 16.1 Å². The highest BCUT2D eigenvalue weighted by molar-refractivity contribution is 6.11. The van der Waals surface area contributed by atoms with Gasteiger partial charge in [-0.1, -0.05) is 12.1 Å². The van der Waals surface area contributed by atoms with E-state index in [9.17, 15) is 9.59 Å². The van der Waals surface area contributed by atoms with Crippen LogP contribution in [0.2, 0.25) is 0 Å². The normalized spacial score (nSPS) is 17.1. The second-order valence-corrected chi connectivity index (χ2v) is 8.30. The lowest BCUT2D eigenvalue weighted by molar-refractivity contribution is -0.118. The fourth-order valence-electron chi connectivity index (χ4n) is 4.29. The molecule has 0 saturated carbocycles. The first-order chi connectivity index (χ1) is 15.9. The highest BCUT2D eigenvalue weighted by atomic mass is 16.2. The minimum atomic E-state index is -0.469. The van der Waals surface area contributed by atoms with Crippen LogP contribution >= 0.6 is 0 Å². The molecular formula is C25H24N6O2. The molecule has 2 aliphatic heterocycles. The molecule has 0 spiro atoms. The molecule has 1 atom stereocenters. The topological polar surface area (TPSA) is 92.5 Å². The number of benzene rings is 1. The van der Waals surface area contributed by atoms with Gasteiger partial charge >= 0.3 is 0 Å². The number of nitrogens with zero attached hydrogens (tertiary/aromatic N) is 5. The van der Waals surface area contributed by atoms with Crippen LogP contribution in [0.3, 0.4) is 0 Å². The summed E-state index contributed by atoms with van der Waals surface area (Å²) in [6.07, 6.45) is 5.20. The minimum Gasteiger partial charge on any atom is -0.324 e. The van der Waals surface area contributed by atoms with Crippen molar-refractivity contribution in [2.45, 2.75) is 33.4 Å². The number of aryl methyl sites for hydroxylation is 2. The molecular weight excluding hydrogens is 416 g/mol. The van der Waals surface area contributed by atoms with Crippen LogP contribution in [0, 0.1) is 13.8 Å². The zero-order valence-electron chi connectivity index (χ0n) is 18.7. The van der Waals surface area contributed by atoms with E-state index in [1.807, 2.05) is 59.8 Å². The predicted octanol–water partition coefficient (Wildman–Crippen LogP) is 3.16. The van der Waals surface area contributed by atoms with Crippen LogP contribution < -0.4 is 5.32 Å². The first-order valence-corrected chi connectivity index (χ1v) is 10.8. The number of nitrogens with one attached hydrogen (secondary N) is 1. The van der Waals surface area contributed by atoms with Crippen LogP contribution in [0.1, 0.15) is 24.0 Å². The first-order valence-electron chi connectivity index (χ1n) is 10.8. The molecule has 0 radical (unpaired) electrons. The lowest BCUT2D eigenvalue weighted by Gasteiger charge is -2.25. The second-order valence-electron chi connectivity index (χ2n) is 8.30. The Morgan fingerprint density at radius 1 is 1.15 bits per heavy atom. The number of rotatable bonds is 5. The van der Waals surface area contributed by atoms with Crippen molar-refractivity contribution in [1.29, 1.82) is 0 Å². The maximum Gasteiger partial charge on any atom is 0.249 e. The summed E-state index contributed by atoms with van der Waals surface area (Å²) >= 11 is 0. The van der Waals surface area contributed by atoms with E-state index in [1.54, 1.807) is 18.4 Å². The summed E-state index contributed by atoms with van der Waals surface area (Å²) in [7, 11) is 0. The number of fused-ring (bicyclic) bond motifs is 2. The van der Waals surface area contributed by atoms with Gasteiger partial charge in [-0.3, -0.25) is 24.2 Å². The number of ketones is 1. The average molecular weight is 441 g/mol. The van der Waals surface area contributed by atoms with Crippen molar-refractivity contribution < 1.29 is 9.59 Å². The highest BCUT2D eigenvalue weighted by Crippen LogP contribution is 2.28.